The van der Waals surface area contributed by atoms with E-state index in [0.29, 0.717) is 29.5 Å². The zero-order valence-electron chi connectivity index (χ0n) is 16.3. The van der Waals surface area contributed by atoms with Crippen LogP contribution in [0.4, 0.5) is 10.6 Å². The molecule has 2 amide bonds. The molecule has 1 aromatic carbocycles. The Hall–Kier alpha value is -3.26. The van der Waals surface area contributed by atoms with Crippen molar-refractivity contribution in [2.24, 2.45) is 0 Å². The number of phenols is 1. The van der Waals surface area contributed by atoms with Crippen molar-refractivity contribution in [2.75, 3.05) is 18.5 Å². The van der Waals surface area contributed by atoms with Crippen LogP contribution in [0, 0.1) is 13.8 Å². The molecule has 1 aliphatic rings. The molecule has 28 heavy (non-hydrogen) atoms. The summed E-state index contributed by atoms with van der Waals surface area (Å²) in [6, 6.07) is 6.70. The second-order valence-electron chi connectivity index (χ2n) is 6.89. The van der Waals surface area contributed by atoms with E-state index >= 15 is 0 Å². The number of aromatic hydroxyl groups is 1. The van der Waals surface area contributed by atoms with Gasteiger partial charge in [0.1, 0.15) is 11.4 Å². The van der Waals surface area contributed by atoms with Crippen molar-refractivity contribution in [3.63, 3.8) is 0 Å². The van der Waals surface area contributed by atoms with E-state index in [1.54, 1.807) is 25.2 Å². The van der Waals surface area contributed by atoms with E-state index in [1.165, 1.54) is 9.80 Å². The van der Waals surface area contributed by atoms with Crippen LogP contribution in [-0.2, 0) is 0 Å². The molecule has 2 aromatic heterocycles. The lowest BCUT2D eigenvalue weighted by molar-refractivity contribution is 0.0308. The van der Waals surface area contributed by atoms with E-state index < -0.39 is 6.23 Å². The number of fused-ring (bicyclic) bond motifs is 3. The molecule has 3 aromatic rings. The van der Waals surface area contributed by atoms with Crippen LogP contribution < -0.4 is 4.90 Å². The Morgan fingerprint density at radius 2 is 1.93 bits per heavy atom. The fourth-order valence-electron chi connectivity index (χ4n) is 3.72. The molecule has 3 heterocycles. The molecule has 4 rings (SSSR count). The number of amides is 2. The maximum atomic E-state index is 12.7. The number of anilines is 1. The molecule has 0 bridgehead atoms. The van der Waals surface area contributed by atoms with Gasteiger partial charge >= 0.3 is 6.03 Å². The number of imidazole rings is 2. The van der Waals surface area contributed by atoms with Gasteiger partial charge in [0.2, 0.25) is 5.78 Å². The van der Waals surface area contributed by atoms with Crippen LogP contribution in [-0.4, -0.2) is 48.7 Å². The lowest BCUT2D eigenvalue weighted by atomic mass is 10.2. The highest BCUT2D eigenvalue weighted by Gasteiger charge is 2.39. The third-order valence-electron chi connectivity index (χ3n) is 5.32. The Labute approximate surface area is 162 Å². The van der Waals surface area contributed by atoms with Crippen molar-refractivity contribution in [2.45, 2.75) is 27.0 Å². The summed E-state index contributed by atoms with van der Waals surface area (Å²) in [7, 11) is 1.65. The highest BCUT2D eigenvalue weighted by molar-refractivity contribution is 5.94. The fourth-order valence-corrected chi connectivity index (χ4v) is 3.72. The number of aliphatic hydroxyl groups excluding tert-OH is 1. The summed E-state index contributed by atoms with van der Waals surface area (Å²) >= 11 is 0. The minimum Gasteiger partial charge on any atom is -0.506 e. The number of allylic oxidation sites excluding steroid dienone is 1. The number of carbonyl (C=O) groups is 1. The van der Waals surface area contributed by atoms with Crippen LogP contribution in [0.1, 0.15) is 30.2 Å². The Kier molecular flexibility index (Phi) is 4.15. The number of hydrogen-bond donors (Lipinski definition) is 2. The largest absolute Gasteiger partial charge is 0.506 e. The van der Waals surface area contributed by atoms with Crippen LogP contribution in [0.15, 0.2) is 36.4 Å². The average molecular weight is 381 g/mol. The van der Waals surface area contributed by atoms with E-state index in [4.69, 9.17) is 0 Å². The summed E-state index contributed by atoms with van der Waals surface area (Å²) in [5.74, 6) is 1.08. The molecule has 0 fully saturated rings. The minimum absolute atomic E-state index is 0.128. The third-order valence-corrected chi connectivity index (χ3v) is 5.32. The average Bonchev–Trinajstić information content (AvgIpc) is 3.17. The Balaban J connectivity index is 2.00. The van der Waals surface area contributed by atoms with Crippen molar-refractivity contribution in [1.29, 1.82) is 0 Å². The number of phenolic OH excluding ortho intramolecular Hbond substituents is 1. The van der Waals surface area contributed by atoms with Gasteiger partial charge in [-0.3, -0.25) is 18.8 Å². The molecule has 1 aliphatic heterocycles. The molecule has 0 spiro atoms. The molecule has 0 aliphatic carbocycles. The second kappa shape index (κ2) is 6.42. The number of aryl methyl sites for hydroxylation is 1. The van der Waals surface area contributed by atoms with Crippen LogP contribution in [0.5, 0.6) is 5.75 Å². The molecule has 8 nitrogen and oxygen atoms in total. The lowest BCUT2D eigenvalue weighted by Gasteiger charge is -2.35. The van der Waals surface area contributed by atoms with Crippen molar-refractivity contribution in [1.82, 2.24) is 18.9 Å². The van der Waals surface area contributed by atoms with E-state index in [-0.39, 0.29) is 11.8 Å². The number of benzene rings is 1. The molecule has 0 radical (unpaired) electrons. The number of hydrogen-bond acceptors (Lipinski definition) is 4. The van der Waals surface area contributed by atoms with Crippen molar-refractivity contribution < 1.29 is 15.0 Å². The minimum atomic E-state index is -1.12. The van der Waals surface area contributed by atoms with Gasteiger partial charge < -0.3 is 10.2 Å². The first-order valence-electron chi connectivity index (χ1n) is 9.10. The number of carbonyl (C=O) groups excluding carboxylic acids is 1. The molecule has 1 unspecified atom stereocenters. The predicted molar refractivity (Wildman–Crippen MR) is 106 cm³/mol. The molecule has 2 N–H and O–H groups in total. The maximum Gasteiger partial charge on any atom is 0.328 e. The molecule has 146 valence electrons. The Morgan fingerprint density at radius 3 is 2.61 bits per heavy atom. The Bertz CT molecular complexity index is 1110. The van der Waals surface area contributed by atoms with Gasteiger partial charge in [0.05, 0.1) is 5.69 Å². The first-order chi connectivity index (χ1) is 13.4. The van der Waals surface area contributed by atoms with Gasteiger partial charge in [-0.25, -0.2) is 4.79 Å². The zero-order valence-corrected chi connectivity index (χ0v) is 16.3. The SMILES string of the molecule is CC=CCN1C(=O)N(C)c2nc3n(-c4ccccc4O)c(C)c(C)n3c2C1O. The van der Waals surface area contributed by atoms with E-state index in [9.17, 15) is 15.0 Å². The number of aromatic nitrogens is 3. The van der Waals surface area contributed by atoms with Crippen molar-refractivity contribution in [3.05, 3.63) is 53.5 Å². The van der Waals surface area contributed by atoms with Gasteiger partial charge in [-0.05, 0) is 32.9 Å². The maximum absolute atomic E-state index is 12.7. The topological polar surface area (TPSA) is 86.2 Å². The van der Waals surface area contributed by atoms with Crippen molar-refractivity contribution in [3.8, 4) is 11.4 Å². The Morgan fingerprint density at radius 1 is 1.21 bits per heavy atom. The fraction of sp³-hybridized carbons (Fsp3) is 0.300. The van der Waals surface area contributed by atoms with Gasteiger partial charge in [0.25, 0.3) is 0 Å². The normalized spacial score (nSPS) is 17.2. The van der Waals surface area contributed by atoms with Gasteiger partial charge in [-0.1, -0.05) is 24.3 Å². The molecule has 0 saturated carbocycles. The highest BCUT2D eigenvalue weighted by Crippen LogP contribution is 2.38. The highest BCUT2D eigenvalue weighted by atomic mass is 16.3. The smallest absolute Gasteiger partial charge is 0.328 e. The van der Waals surface area contributed by atoms with Crippen LogP contribution in [0.3, 0.4) is 0 Å². The van der Waals surface area contributed by atoms with Crippen LogP contribution in [0.25, 0.3) is 11.5 Å². The quantitative estimate of drug-likeness (QED) is 0.683. The lowest BCUT2D eigenvalue weighted by Crippen LogP contribution is -2.48. The van der Waals surface area contributed by atoms with Gasteiger partial charge in [-0.2, -0.15) is 4.98 Å². The first-order valence-corrected chi connectivity index (χ1v) is 9.10. The van der Waals surface area contributed by atoms with E-state index in [2.05, 4.69) is 4.98 Å². The standard InChI is InChI=1S/C20H23N5O3/c1-5-6-11-23-18(27)16-17(22(4)20(23)28)21-19-24(12(2)13(3)25(16)19)14-9-7-8-10-15(14)26/h5-10,18,26-27H,11H2,1-4H3. The summed E-state index contributed by atoms with van der Waals surface area (Å²) in [5, 5.41) is 21.4. The number of para-hydroxylation sites is 2. The second-order valence-corrected chi connectivity index (χ2v) is 6.89. The molecule has 8 heteroatoms. The van der Waals surface area contributed by atoms with Crippen LogP contribution >= 0.6 is 0 Å². The van der Waals surface area contributed by atoms with E-state index in [0.717, 1.165) is 11.4 Å². The molecular formula is C20H23N5O3. The summed E-state index contributed by atoms with van der Waals surface area (Å²) in [6.07, 6.45) is 2.54. The number of rotatable bonds is 3. The number of nitrogens with zero attached hydrogens (tertiary/aromatic N) is 5. The van der Waals surface area contributed by atoms with Gasteiger partial charge in [0, 0.05) is 25.0 Å². The number of urea groups is 1. The summed E-state index contributed by atoms with van der Waals surface area (Å²) in [6.45, 7) is 6.03. The predicted octanol–water partition coefficient (Wildman–Crippen LogP) is 2.89. The summed E-state index contributed by atoms with van der Waals surface area (Å²) in [4.78, 5) is 20.2. The van der Waals surface area contributed by atoms with Gasteiger partial charge in [-0.15, -0.1) is 0 Å². The molecule has 1 atom stereocenters. The van der Waals surface area contributed by atoms with Crippen LogP contribution in [0.2, 0.25) is 0 Å². The summed E-state index contributed by atoms with van der Waals surface area (Å²) < 4.78 is 3.69. The molecule has 0 saturated heterocycles. The van der Waals surface area contributed by atoms with Crippen molar-refractivity contribution >= 4 is 17.6 Å². The van der Waals surface area contributed by atoms with E-state index in [1.807, 2.05) is 48.0 Å². The number of aliphatic hydroxyl groups is 1. The zero-order chi connectivity index (χ0) is 20.2. The molecular weight excluding hydrogens is 358 g/mol. The first kappa shape index (κ1) is 18.1. The summed E-state index contributed by atoms with van der Waals surface area (Å²) in [5.41, 5.74) is 2.89. The van der Waals surface area contributed by atoms with Gasteiger partial charge in [0.15, 0.2) is 12.0 Å². The monoisotopic (exact) mass is 381 g/mol. The third kappa shape index (κ3) is 2.34.